The molecule has 0 aliphatic heterocycles. The summed E-state index contributed by atoms with van der Waals surface area (Å²) in [5.74, 6) is 1.14. The van der Waals surface area contributed by atoms with Gasteiger partial charge in [0.25, 0.3) is 0 Å². The second-order valence-electron chi connectivity index (χ2n) is 4.10. The van der Waals surface area contributed by atoms with E-state index < -0.39 is 0 Å². The van der Waals surface area contributed by atoms with Gasteiger partial charge < -0.3 is 4.42 Å². The van der Waals surface area contributed by atoms with Crippen LogP contribution < -0.4 is 0 Å². The number of fused-ring (bicyclic) bond motifs is 1. The maximum absolute atomic E-state index is 5.91. The summed E-state index contributed by atoms with van der Waals surface area (Å²) in [6, 6.07) is 8.26. The first-order chi connectivity index (χ1) is 7.86. The summed E-state index contributed by atoms with van der Waals surface area (Å²) in [5, 5.41) is 1.24. The summed E-state index contributed by atoms with van der Waals surface area (Å²) in [7, 11) is 0. The van der Waals surface area contributed by atoms with E-state index in [1.165, 1.54) is 23.8 Å². The molecule has 0 spiro atoms. The first kappa shape index (κ1) is 11.0. The molecule has 0 bridgehead atoms. The Bertz CT molecular complexity index is 479. The van der Waals surface area contributed by atoms with Crippen molar-refractivity contribution in [1.82, 2.24) is 0 Å². The Morgan fingerprint density at radius 1 is 1.31 bits per heavy atom. The molecule has 2 aromatic rings. The van der Waals surface area contributed by atoms with E-state index in [4.69, 9.17) is 4.42 Å². The first-order valence-corrected chi connectivity index (χ1v) is 5.97. The molecular formula is C15H18O. The van der Waals surface area contributed by atoms with Crippen molar-refractivity contribution in [1.29, 1.82) is 0 Å². The number of benzene rings is 1. The fraction of sp³-hybridized carbons (Fsp3) is 0.333. The van der Waals surface area contributed by atoms with E-state index in [1.54, 1.807) is 0 Å². The molecule has 1 nitrogen and oxygen atoms in total. The van der Waals surface area contributed by atoms with Gasteiger partial charge in [-0.2, -0.15) is 0 Å². The fourth-order valence-corrected chi connectivity index (χ4v) is 2.06. The zero-order chi connectivity index (χ0) is 11.4. The van der Waals surface area contributed by atoms with Crippen molar-refractivity contribution in [2.45, 2.75) is 32.6 Å². The van der Waals surface area contributed by atoms with Crippen LogP contribution in [0.15, 0.2) is 41.3 Å². The predicted molar refractivity (Wildman–Crippen MR) is 68.7 cm³/mol. The lowest BCUT2D eigenvalue weighted by molar-refractivity contribution is 0.531. The second kappa shape index (κ2) is 5.02. The third kappa shape index (κ3) is 2.04. The van der Waals surface area contributed by atoms with Crippen LogP contribution in [0.3, 0.4) is 0 Å². The highest BCUT2D eigenvalue weighted by Crippen LogP contribution is 2.27. The molecule has 0 fully saturated rings. The van der Waals surface area contributed by atoms with Crippen molar-refractivity contribution >= 4 is 11.0 Å². The van der Waals surface area contributed by atoms with Gasteiger partial charge in [-0.25, -0.2) is 0 Å². The van der Waals surface area contributed by atoms with Crippen molar-refractivity contribution in [2.75, 3.05) is 0 Å². The van der Waals surface area contributed by atoms with Crippen LogP contribution in [0.25, 0.3) is 11.0 Å². The normalized spacial score (nSPS) is 10.8. The van der Waals surface area contributed by atoms with Crippen LogP contribution in [0.5, 0.6) is 0 Å². The summed E-state index contributed by atoms with van der Waals surface area (Å²) in [6.07, 6.45) is 6.27. The number of hydrogen-bond acceptors (Lipinski definition) is 1. The number of para-hydroxylation sites is 1. The molecule has 0 aliphatic rings. The number of unbranched alkanes of at least 4 members (excludes halogenated alkanes) is 1. The van der Waals surface area contributed by atoms with Crippen LogP contribution in [0.1, 0.15) is 31.1 Å². The fourth-order valence-electron chi connectivity index (χ4n) is 2.06. The zero-order valence-electron chi connectivity index (χ0n) is 9.83. The Balaban J connectivity index is 2.45. The van der Waals surface area contributed by atoms with Gasteiger partial charge in [0.05, 0.1) is 0 Å². The van der Waals surface area contributed by atoms with Crippen molar-refractivity contribution in [3.05, 3.63) is 48.2 Å². The molecule has 0 N–H and O–H groups in total. The summed E-state index contributed by atoms with van der Waals surface area (Å²) >= 11 is 0. The average molecular weight is 214 g/mol. The van der Waals surface area contributed by atoms with E-state index in [0.717, 1.165) is 24.2 Å². The molecule has 84 valence electrons. The molecule has 1 aromatic heterocycles. The topological polar surface area (TPSA) is 13.1 Å². The maximum Gasteiger partial charge on any atom is 0.134 e. The van der Waals surface area contributed by atoms with Crippen molar-refractivity contribution < 1.29 is 4.42 Å². The molecule has 0 atom stereocenters. The minimum absolute atomic E-state index is 0.899. The molecular weight excluding hydrogens is 196 g/mol. The van der Waals surface area contributed by atoms with Gasteiger partial charge in [-0.05, 0) is 18.9 Å². The SMILES string of the molecule is C=CCc1c(CCCC)oc2ccccc12. The summed E-state index contributed by atoms with van der Waals surface area (Å²) < 4.78 is 5.91. The number of aryl methyl sites for hydroxylation is 1. The van der Waals surface area contributed by atoms with Crippen LogP contribution in [0.2, 0.25) is 0 Å². The van der Waals surface area contributed by atoms with Gasteiger partial charge in [0.15, 0.2) is 0 Å². The minimum Gasteiger partial charge on any atom is -0.461 e. The van der Waals surface area contributed by atoms with E-state index in [-0.39, 0.29) is 0 Å². The monoisotopic (exact) mass is 214 g/mol. The maximum atomic E-state index is 5.91. The van der Waals surface area contributed by atoms with Gasteiger partial charge in [0, 0.05) is 17.4 Å². The van der Waals surface area contributed by atoms with E-state index in [2.05, 4.69) is 25.6 Å². The lowest BCUT2D eigenvalue weighted by atomic mass is 10.0. The smallest absolute Gasteiger partial charge is 0.134 e. The summed E-state index contributed by atoms with van der Waals surface area (Å²) in [4.78, 5) is 0. The van der Waals surface area contributed by atoms with Crippen molar-refractivity contribution in [2.24, 2.45) is 0 Å². The largest absolute Gasteiger partial charge is 0.461 e. The molecule has 2 rings (SSSR count). The zero-order valence-corrected chi connectivity index (χ0v) is 9.83. The number of furan rings is 1. The van der Waals surface area contributed by atoms with Gasteiger partial charge in [-0.1, -0.05) is 37.6 Å². The van der Waals surface area contributed by atoms with E-state index in [1.807, 2.05) is 18.2 Å². The molecule has 16 heavy (non-hydrogen) atoms. The van der Waals surface area contributed by atoms with Crippen LogP contribution in [0.4, 0.5) is 0 Å². The lowest BCUT2D eigenvalue weighted by Crippen LogP contribution is -1.88. The molecule has 0 saturated heterocycles. The molecule has 0 aliphatic carbocycles. The summed E-state index contributed by atoms with van der Waals surface area (Å²) in [5.41, 5.74) is 2.32. The second-order valence-corrected chi connectivity index (χ2v) is 4.10. The lowest BCUT2D eigenvalue weighted by Gasteiger charge is -1.98. The third-order valence-corrected chi connectivity index (χ3v) is 2.89. The van der Waals surface area contributed by atoms with Gasteiger partial charge in [-0.15, -0.1) is 6.58 Å². The molecule has 0 amide bonds. The van der Waals surface area contributed by atoms with Gasteiger partial charge in [0.1, 0.15) is 11.3 Å². The Kier molecular flexibility index (Phi) is 3.45. The summed E-state index contributed by atoms with van der Waals surface area (Å²) in [6.45, 7) is 6.03. The van der Waals surface area contributed by atoms with Gasteiger partial charge >= 0.3 is 0 Å². The van der Waals surface area contributed by atoms with E-state index in [9.17, 15) is 0 Å². The highest BCUT2D eigenvalue weighted by Gasteiger charge is 2.11. The molecule has 1 heteroatoms. The van der Waals surface area contributed by atoms with Gasteiger partial charge in [-0.3, -0.25) is 0 Å². The number of rotatable bonds is 5. The Morgan fingerprint density at radius 2 is 2.12 bits per heavy atom. The Hall–Kier alpha value is -1.50. The quantitative estimate of drug-likeness (QED) is 0.668. The van der Waals surface area contributed by atoms with Crippen LogP contribution in [0, 0.1) is 0 Å². The molecule has 0 unspecified atom stereocenters. The number of allylic oxidation sites excluding steroid dienone is 1. The predicted octanol–water partition coefficient (Wildman–Crippen LogP) is 4.50. The van der Waals surface area contributed by atoms with E-state index in [0.29, 0.717) is 0 Å². The van der Waals surface area contributed by atoms with Crippen LogP contribution in [-0.2, 0) is 12.8 Å². The van der Waals surface area contributed by atoms with E-state index >= 15 is 0 Å². The molecule has 1 heterocycles. The number of hydrogen-bond donors (Lipinski definition) is 0. The minimum atomic E-state index is 0.899. The molecule has 1 aromatic carbocycles. The Labute approximate surface area is 96.8 Å². The Morgan fingerprint density at radius 3 is 2.88 bits per heavy atom. The van der Waals surface area contributed by atoms with Crippen molar-refractivity contribution in [3.63, 3.8) is 0 Å². The van der Waals surface area contributed by atoms with Gasteiger partial charge in [0.2, 0.25) is 0 Å². The van der Waals surface area contributed by atoms with Crippen LogP contribution in [-0.4, -0.2) is 0 Å². The third-order valence-electron chi connectivity index (χ3n) is 2.89. The molecule has 0 saturated carbocycles. The highest BCUT2D eigenvalue weighted by molar-refractivity contribution is 5.82. The van der Waals surface area contributed by atoms with Crippen molar-refractivity contribution in [3.8, 4) is 0 Å². The standard InChI is InChI=1S/C15H18O/c1-3-5-10-14-12(8-4-2)13-9-6-7-11-15(13)16-14/h4,6-7,9,11H,2-3,5,8,10H2,1H3. The van der Waals surface area contributed by atoms with Crippen LogP contribution >= 0.6 is 0 Å². The molecule has 0 radical (unpaired) electrons. The first-order valence-electron chi connectivity index (χ1n) is 5.97. The average Bonchev–Trinajstić information content (AvgIpc) is 2.66. The highest BCUT2D eigenvalue weighted by atomic mass is 16.3.